The molecule has 0 aliphatic rings. The topological polar surface area (TPSA) is 105 Å². The zero-order valence-electron chi connectivity index (χ0n) is 17.2. The van der Waals surface area contributed by atoms with Crippen LogP contribution >= 0.6 is 0 Å². The van der Waals surface area contributed by atoms with E-state index in [-0.39, 0.29) is 23.9 Å². The molecule has 0 heterocycles. The fraction of sp³-hybridized carbons (Fsp3) is 0.273. The normalized spacial score (nSPS) is 10.1. The quantitative estimate of drug-likeness (QED) is 0.650. The van der Waals surface area contributed by atoms with Gasteiger partial charge in [0.15, 0.2) is 6.61 Å². The van der Waals surface area contributed by atoms with Gasteiger partial charge in [-0.05, 0) is 36.2 Å². The molecule has 0 saturated heterocycles. The molecule has 2 aromatic carbocycles. The lowest BCUT2D eigenvalue weighted by Gasteiger charge is -2.17. The molecule has 0 bridgehead atoms. The molecular weight excluding hydrogens is 386 g/mol. The fourth-order valence-corrected chi connectivity index (χ4v) is 2.69. The lowest BCUT2D eigenvalue weighted by molar-refractivity contribution is -0.136. The molecule has 0 radical (unpaired) electrons. The number of hydrogen-bond donors (Lipinski definition) is 2. The Balaban J connectivity index is 1.86. The summed E-state index contributed by atoms with van der Waals surface area (Å²) in [6.07, 6.45) is 0.768. The number of aryl methyl sites for hydroxylation is 1. The van der Waals surface area contributed by atoms with Gasteiger partial charge in [-0.15, -0.1) is 0 Å². The second kappa shape index (κ2) is 10.8. The van der Waals surface area contributed by atoms with Crippen LogP contribution < -0.4 is 10.6 Å². The summed E-state index contributed by atoms with van der Waals surface area (Å²) in [4.78, 5) is 48.9. The summed E-state index contributed by atoms with van der Waals surface area (Å²) in [5.41, 5.74) is 2.35. The highest BCUT2D eigenvalue weighted by Gasteiger charge is 2.17. The van der Waals surface area contributed by atoms with Crippen LogP contribution in [0.1, 0.15) is 29.8 Å². The third-order valence-corrected chi connectivity index (χ3v) is 4.22. The zero-order chi connectivity index (χ0) is 22.1. The van der Waals surface area contributed by atoms with Gasteiger partial charge in [0.1, 0.15) is 0 Å². The van der Waals surface area contributed by atoms with Gasteiger partial charge in [0.05, 0.1) is 12.1 Å². The number of nitrogens with zero attached hydrogens (tertiary/aromatic N) is 1. The van der Waals surface area contributed by atoms with E-state index in [1.54, 1.807) is 18.2 Å². The molecule has 0 aliphatic carbocycles. The molecule has 30 heavy (non-hydrogen) atoms. The zero-order valence-corrected chi connectivity index (χ0v) is 17.2. The summed E-state index contributed by atoms with van der Waals surface area (Å²) in [7, 11) is 1.46. The Morgan fingerprint density at radius 2 is 1.73 bits per heavy atom. The number of likely N-dealkylation sites (N-methyl/N-ethyl adjacent to an activating group) is 1. The van der Waals surface area contributed by atoms with Gasteiger partial charge in [-0.1, -0.05) is 31.2 Å². The lowest BCUT2D eigenvalue weighted by atomic mass is 10.1. The average Bonchev–Trinajstić information content (AvgIpc) is 2.71. The molecule has 0 unspecified atom stereocenters. The molecule has 2 aromatic rings. The predicted molar refractivity (Wildman–Crippen MR) is 113 cm³/mol. The molecule has 2 rings (SSSR count). The molecule has 0 aliphatic heterocycles. The van der Waals surface area contributed by atoms with Crippen molar-refractivity contribution in [1.82, 2.24) is 4.90 Å². The minimum Gasteiger partial charge on any atom is -0.452 e. The van der Waals surface area contributed by atoms with E-state index >= 15 is 0 Å². The number of para-hydroxylation sites is 1. The van der Waals surface area contributed by atoms with Crippen LogP contribution in [0.4, 0.5) is 11.4 Å². The SMILES string of the molecule is CCc1ccccc1NC(=O)CN(C)C(=O)COC(=O)c1cccc(NC(C)=O)c1. The van der Waals surface area contributed by atoms with Crippen molar-refractivity contribution in [3.05, 3.63) is 59.7 Å². The molecule has 3 amide bonds. The van der Waals surface area contributed by atoms with E-state index in [1.165, 1.54) is 31.0 Å². The minimum atomic E-state index is -0.703. The summed E-state index contributed by atoms with van der Waals surface area (Å²) >= 11 is 0. The maximum Gasteiger partial charge on any atom is 0.338 e. The molecule has 8 heteroatoms. The van der Waals surface area contributed by atoms with E-state index in [2.05, 4.69) is 10.6 Å². The fourth-order valence-electron chi connectivity index (χ4n) is 2.69. The number of nitrogens with one attached hydrogen (secondary N) is 2. The highest BCUT2D eigenvalue weighted by molar-refractivity contribution is 5.96. The van der Waals surface area contributed by atoms with Crippen LogP contribution in [0, 0.1) is 0 Å². The van der Waals surface area contributed by atoms with Gasteiger partial charge in [0.2, 0.25) is 11.8 Å². The van der Waals surface area contributed by atoms with Crippen molar-refractivity contribution in [2.24, 2.45) is 0 Å². The van der Waals surface area contributed by atoms with Gasteiger partial charge < -0.3 is 20.3 Å². The standard InChI is InChI=1S/C22H25N3O5/c1-4-16-8-5-6-11-19(16)24-20(27)13-25(3)21(28)14-30-22(29)17-9-7-10-18(12-17)23-15(2)26/h5-12H,4,13-14H2,1-3H3,(H,23,26)(H,24,27). The first-order valence-electron chi connectivity index (χ1n) is 9.46. The Kier molecular flexibility index (Phi) is 8.10. The lowest BCUT2D eigenvalue weighted by Crippen LogP contribution is -2.37. The highest BCUT2D eigenvalue weighted by Crippen LogP contribution is 2.15. The van der Waals surface area contributed by atoms with E-state index in [1.807, 2.05) is 25.1 Å². The number of anilines is 2. The van der Waals surface area contributed by atoms with E-state index in [0.29, 0.717) is 11.4 Å². The van der Waals surface area contributed by atoms with Crippen LogP contribution in [0.5, 0.6) is 0 Å². The van der Waals surface area contributed by atoms with Gasteiger partial charge in [0, 0.05) is 25.3 Å². The third kappa shape index (κ3) is 6.73. The summed E-state index contributed by atoms with van der Waals surface area (Å²) < 4.78 is 5.03. The minimum absolute atomic E-state index is 0.174. The van der Waals surface area contributed by atoms with Crippen molar-refractivity contribution in [1.29, 1.82) is 0 Å². The van der Waals surface area contributed by atoms with Crippen molar-refractivity contribution in [2.45, 2.75) is 20.3 Å². The Labute approximate surface area is 175 Å². The van der Waals surface area contributed by atoms with Crippen molar-refractivity contribution >= 4 is 35.1 Å². The first kappa shape index (κ1) is 22.6. The van der Waals surface area contributed by atoms with Crippen LogP contribution in [0.15, 0.2) is 48.5 Å². The van der Waals surface area contributed by atoms with Crippen molar-refractivity contribution < 1.29 is 23.9 Å². The van der Waals surface area contributed by atoms with Gasteiger partial charge in [0.25, 0.3) is 5.91 Å². The molecule has 8 nitrogen and oxygen atoms in total. The Bertz CT molecular complexity index is 942. The molecular formula is C22H25N3O5. The molecule has 0 atom stereocenters. The number of rotatable bonds is 8. The van der Waals surface area contributed by atoms with Crippen molar-refractivity contribution in [2.75, 3.05) is 30.8 Å². The summed E-state index contributed by atoms with van der Waals surface area (Å²) in [6.45, 7) is 2.67. The molecule has 0 spiro atoms. The van der Waals surface area contributed by atoms with Gasteiger partial charge in [-0.25, -0.2) is 4.79 Å². The first-order valence-corrected chi connectivity index (χ1v) is 9.46. The first-order chi connectivity index (χ1) is 14.3. The number of amides is 3. The number of esters is 1. The van der Waals surface area contributed by atoms with Crippen molar-refractivity contribution in [3.63, 3.8) is 0 Å². The molecule has 0 aromatic heterocycles. The maximum absolute atomic E-state index is 12.2. The summed E-state index contributed by atoms with van der Waals surface area (Å²) in [5, 5.41) is 5.35. The monoisotopic (exact) mass is 411 g/mol. The number of carbonyl (C=O) groups is 4. The van der Waals surface area contributed by atoms with Gasteiger partial charge in [-0.3, -0.25) is 14.4 Å². The molecule has 2 N–H and O–H groups in total. The molecule has 0 fully saturated rings. The van der Waals surface area contributed by atoms with Crippen LogP contribution in [0.25, 0.3) is 0 Å². The van der Waals surface area contributed by atoms with Gasteiger partial charge >= 0.3 is 5.97 Å². The van der Waals surface area contributed by atoms with E-state index in [9.17, 15) is 19.2 Å². The molecule has 158 valence electrons. The third-order valence-electron chi connectivity index (χ3n) is 4.22. The Morgan fingerprint density at radius 1 is 1.00 bits per heavy atom. The van der Waals surface area contributed by atoms with E-state index in [4.69, 9.17) is 4.74 Å². The summed E-state index contributed by atoms with van der Waals surface area (Å²) in [5.74, 6) is -1.83. The number of hydrogen-bond acceptors (Lipinski definition) is 5. The largest absolute Gasteiger partial charge is 0.452 e. The van der Waals surface area contributed by atoms with Crippen LogP contribution in [-0.4, -0.2) is 48.8 Å². The van der Waals surface area contributed by atoms with Crippen LogP contribution in [0.2, 0.25) is 0 Å². The number of carbonyl (C=O) groups excluding carboxylic acids is 4. The average molecular weight is 411 g/mol. The number of benzene rings is 2. The highest BCUT2D eigenvalue weighted by atomic mass is 16.5. The predicted octanol–water partition coefficient (Wildman–Crippen LogP) is 2.46. The van der Waals surface area contributed by atoms with E-state index in [0.717, 1.165) is 12.0 Å². The van der Waals surface area contributed by atoms with Crippen molar-refractivity contribution in [3.8, 4) is 0 Å². The summed E-state index contributed by atoms with van der Waals surface area (Å²) in [6, 6.07) is 13.6. The maximum atomic E-state index is 12.2. The van der Waals surface area contributed by atoms with Gasteiger partial charge in [-0.2, -0.15) is 0 Å². The van der Waals surface area contributed by atoms with E-state index < -0.39 is 18.5 Å². The van der Waals surface area contributed by atoms with Crippen LogP contribution in [-0.2, 0) is 25.5 Å². The molecule has 0 saturated carbocycles. The number of ether oxygens (including phenoxy) is 1. The Morgan fingerprint density at radius 3 is 2.43 bits per heavy atom. The van der Waals surface area contributed by atoms with Crippen LogP contribution in [0.3, 0.4) is 0 Å². The smallest absolute Gasteiger partial charge is 0.338 e. The Hall–Kier alpha value is -3.68. The second-order valence-corrected chi connectivity index (χ2v) is 6.65. The second-order valence-electron chi connectivity index (χ2n) is 6.65.